The summed E-state index contributed by atoms with van der Waals surface area (Å²) in [6.45, 7) is 3.96. The average molecular weight is 573 g/mol. The number of piperidine rings is 2. The second-order valence-electron chi connectivity index (χ2n) is 11.2. The van der Waals surface area contributed by atoms with Crippen molar-refractivity contribution in [2.24, 2.45) is 5.41 Å². The van der Waals surface area contributed by atoms with Crippen molar-refractivity contribution in [1.82, 2.24) is 25.0 Å². The SMILES string of the molecule is Cc1cc(-c2cn(-c3ccc(NS(=O)CCO)cc3N3CCC4(CC3)CC4)nn2)nc(N2CCC(F)(F)CC2)n1. The van der Waals surface area contributed by atoms with E-state index in [0.29, 0.717) is 28.4 Å². The lowest BCUT2D eigenvalue weighted by Gasteiger charge is -2.35. The van der Waals surface area contributed by atoms with Gasteiger partial charge in [-0.1, -0.05) is 5.21 Å². The second-order valence-corrected chi connectivity index (χ2v) is 12.5. The number of aliphatic hydroxyl groups excluding tert-OH is 1. The largest absolute Gasteiger partial charge is 0.395 e. The Morgan fingerprint density at radius 2 is 1.68 bits per heavy atom. The van der Waals surface area contributed by atoms with Gasteiger partial charge in [0.05, 0.1) is 35.6 Å². The number of anilines is 3. The first-order valence-corrected chi connectivity index (χ1v) is 15.1. The Labute approximate surface area is 234 Å². The number of nitrogens with zero attached hydrogens (tertiary/aromatic N) is 7. The van der Waals surface area contributed by atoms with Crippen molar-refractivity contribution < 1.29 is 18.1 Å². The van der Waals surface area contributed by atoms with Crippen LogP contribution in [-0.2, 0) is 11.0 Å². The van der Waals surface area contributed by atoms with E-state index < -0.39 is 16.9 Å². The molecule has 214 valence electrons. The van der Waals surface area contributed by atoms with Crippen LogP contribution in [0.1, 0.15) is 44.2 Å². The zero-order valence-electron chi connectivity index (χ0n) is 22.5. The molecule has 3 aliphatic rings. The van der Waals surface area contributed by atoms with Crippen LogP contribution in [0.25, 0.3) is 17.1 Å². The Balaban J connectivity index is 1.29. The van der Waals surface area contributed by atoms with Gasteiger partial charge in [0.1, 0.15) is 16.7 Å². The molecule has 1 aliphatic carbocycles. The summed E-state index contributed by atoms with van der Waals surface area (Å²) in [7, 11) is -1.38. The molecule has 4 heterocycles. The quantitative estimate of drug-likeness (QED) is 0.420. The number of benzene rings is 1. The normalized spacial score (nSPS) is 20.5. The van der Waals surface area contributed by atoms with Gasteiger partial charge in [0, 0.05) is 50.4 Å². The maximum Gasteiger partial charge on any atom is 0.251 e. The molecule has 2 aliphatic heterocycles. The number of halogens is 2. The smallest absolute Gasteiger partial charge is 0.251 e. The first kappa shape index (κ1) is 27.0. The number of alkyl halides is 2. The van der Waals surface area contributed by atoms with Crippen LogP contribution in [0, 0.1) is 12.3 Å². The van der Waals surface area contributed by atoms with E-state index in [1.807, 2.05) is 37.4 Å². The van der Waals surface area contributed by atoms with E-state index in [-0.39, 0.29) is 38.3 Å². The number of aryl methyl sites for hydroxylation is 1. The summed E-state index contributed by atoms with van der Waals surface area (Å²) in [5.41, 5.74) is 4.89. The Bertz CT molecular complexity index is 1390. The Morgan fingerprint density at radius 1 is 0.950 bits per heavy atom. The van der Waals surface area contributed by atoms with Crippen LogP contribution >= 0.6 is 0 Å². The third-order valence-corrected chi connectivity index (χ3v) is 9.25. The minimum Gasteiger partial charge on any atom is -0.395 e. The van der Waals surface area contributed by atoms with E-state index in [4.69, 9.17) is 5.11 Å². The minimum absolute atomic E-state index is 0.149. The fourth-order valence-corrected chi connectivity index (χ4v) is 6.21. The van der Waals surface area contributed by atoms with Gasteiger partial charge in [-0.15, -0.1) is 5.10 Å². The van der Waals surface area contributed by atoms with Crippen molar-refractivity contribution in [3.05, 3.63) is 36.2 Å². The zero-order valence-corrected chi connectivity index (χ0v) is 23.3. The van der Waals surface area contributed by atoms with Gasteiger partial charge in [-0.05, 0) is 62.3 Å². The number of aliphatic hydroxyl groups is 1. The van der Waals surface area contributed by atoms with E-state index in [0.717, 1.165) is 43.0 Å². The summed E-state index contributed by atoms with van der Waals surface area (Å²) in [5.74, 6) is -2.07. The van der Waals surface area contributed by atoms with Gasteiger partial charge in [0.25, 0.3) is 5.92 Å². The lowest BCUT2D eigenvalue weighted by atomic mass is 9.93. The number of rotatable bonds is 8. The van der Waals surface area contributed by atoms with Gasteiger partial charge in [-0.2, -0.15) is 0 Å². The summed E-state index contributed by atoms with van der Waals surface area (Å²) >= 11 is 0. The molecule has 0 bridgehead atoms. The summed E-state index contributed by atoms with van der Waals surface area (Å²) in [4.78, 5) is 13.3. The fourth-order valence-electron chi connectivity index (χ4n) is 5.56. The molecule has 2 aromatic heterocycles. The predicted octanol–water partition coefficient (Wildman–Crippen LogP) is 3.72. The number of hydrogen-bond acceptors (Lipinski definition) is 8. The number of aromatic nitrogens is 5. The van der Waals surface area contributed by atoms with Crippen molar-refractivity contribution in [3.8, 4) is 17.1 Å². The van der Waals surface area contributed by atoms with E-state index in [9.17, 15) is 13.0 Å². The van der Waals surface area contributed by atoms with E-state index in [2.05, 4.69) is 29.9 Å². The van der Waals surface area contributed by atoms with E-state index in [1.54, 1.807) is 9.58 Å². The van der Waals surface area contributed by atoms with Crippen LogP contribution in [0.5, 0.6) is 0 Å². The highest BCUT2D eigenvalue weighted by Gasteiger charge is 2.44. The number of hydrogen-bond donors (Lipinski definition) is 2. The molecule has 0 amide bonds. The van der Waals surface area contributed by atoms with Crippen molar-refractivity contribution in [3.63, 3.8) is 0 Å². The Hall–Kier alpha value is -3.19. The van der Waals surface area contributed by atoms with Crippen LogP contribution in [0.15, 0.2) is 30.5 Å². The first-order valence-electron chi connectivity index (χ1n) is 13.8. The summed E-state index contributed by atoms with van der Waals surface area (Å²) in [6, 6.07) is 7.58. The topological polar surface area (TPSA) is 112 Å². The van der Waals surface area contributed by atoms with Crippen molar-refractivity contribution in [2.45, 2.75) is 51.4 Å². The molecule has 40 heavy (non-hydrogen) atoms. The van der Waals surface area contributed by atoms with Gasteiger partial charge < -0.3 is 19.6 Å². The highest BCUT2D eigenvalue weighted by molar-refractivity contribution is 7.86. The molecule has 1 spiro atoms. The number of nitrogens with one attached hydrogen (secondary N) is 1. The van der Waals surface area contributed by atoms with Crippen LogP contribution in [-0.4, -0.2) is 78.7 Å². The lowest BCUT2D eigenvalue weighted by molar-refractivity contribution is -0.0222. The maximum absolute atomic E-state index is 13.7. The van der Waals surface area contributed by atoms with E-state index in [1.165, 1.54) is 12.8 Å². The third-order valence-electron chi connectivity index (χ3n) is 8.23. The van der Waals surface area contributed by atoms with Crippen LogP contribution in [0.4, 0.5) is 26.1 Å². The van der Waals surface area contributed by atoms with Gasteiger partial charge in [0.15, 0.2) is 0 Å². The van der Waals surface area contributed by atoms with E-state index >= 15 is 0 Å². The van der Waals surface area contributed by atoms with Crippen LogP contribution < -0.4 is 14.5 Å². The molecule has 13 heteroatoms. The molecule has 1 unspecified atom stereocenters. The van der Waals surface area contributed by atoms with Gasteiger partial charge >= 0.3 is 0 Å². The minimum atomic E-state index is -2.64. The maximum atomic E-state index is 13.7. The summed E-state index contributed by atoms with van der Waals surface area (Å²) in [5, 5.41) is 18.0. The lowest BCUT2D eigenvalue weighted by Crippen LogP contribution is -2.40. The fraction of sp³-hybridized carbons (Fsp3) is 0.556. The molecule has 10 nitrogen and oxygen atoms in total. The molecule has 3 aromatic rings. The van der Waals surface area contributed by atoms with Gasteiger partial charge in [0.2, 0.25) is 5.95 Å². The molecule has 6 rings (SSSR count). The monoisotopic (exact) mass is 572 g/mol. The Kier molecular flexibility index (Phi) is 7.19. The van der Waals surface area contributed by atoms with Crippen molar-refractivity contribution >= 4 is 28.3 Å². The zero-order chi connectivity index (χ0) is 27.9. The Morgan fingerprint density at radius 3 is 2.38 bits per heavy atom. The molecule has 3 fully saturated rings. The molecule has 0 radical (unpaired) electrons. The van der Waals surface area contributed by atoms with Crippen molar-refractivity contribution in [1.29, 1.82) is 0 Å². The molecule has 1 aromatic carbocycles. The van der Waals surface area contributed by atoms with Crippen molar-refractivity contribution in [2.75, 3.05) is 53.1 Å². The molecule has 2 N–H and O–H groups in total. The second kappa shape index (κ2) is 10.7. The molecule has 2 saturated heterocycles. The summed E-state index contributed by atoms with van der Waals surface area (Å²) in [6.07, 6.45) is 6.30. The molecule has 1 saturated carbocycles. The first-order chi connectivity index (χ1) is 19.2. The highest BCUT2D eigenvalue weighted by Crippen LogP contribution is 2.54. The molecule has 1 atom stereocenters. The van der Waals surface area contributed by atoms with Crippen LogP contribution in [0.2, 0.25) is 0 Å². The standard InChI is InChI=1S/C27H34F2N8O2S/c1-19-16-21(31-25(30-19)36-12-8-27(28,29)9-13-36)22-18-37(34-32-22)23-3-2-20(33-40(39)15-14-38)17-24(23)35-10-6-26(4-5-26)7-11-35/h2-3,16-18,33,38H,4-15H2,1H3. The van der Waals surface area contributed by atoms with Gasteiger partial charge in [-0.25, -0.2) is 27.6 Å². The van der Waals surface area contributed by atoms with Crippen LogP contribution in [0.3, 0.4) is 0 Å². The average Bonchev–Trinajstić information content (AvgIpc) is 3.49. The predicted molar refractivity (Wildman–Crippen MR) is 150 cm³/mol. The van der Waals surface area contributed by atoms with Gasteiger partial charge in [-0.3, -0.25) is 0 Å². The summed E-state index contributed by atoms with van der Waals surface area (Å²) < 4.78 is 44.3. The third kappa shape index (κ3) is 5.80. The molecular formula is C27H34F2N8O2S. The highest BCUT2D eigenvalue weighted by atomic mass is 32.2. The molecular weight excluding hydrogens is 538 g/mol.